The predicted molar refractivity (Wildman–Crippen MR) is 83.0 cm³/mol. The summed E-state index contributed by atoms with van der Waals surface area (Å²) < 4.78 is 1.91. The van der Waals surface area contributed by atoms with E-state index in [1.54, 1.807) is 24.8 Å². The molecule has 2 aromatic rings. The number of rotatable bonds is 5. The van der Waals surface area contributed by atoms with Crippen molar-refractivity contribution < 1.29 is 4.79 Å². The molecule has 1 aromatic carbocycles. The molecule has 0 aliphatic carbocycles. The van der Waals surface area contributed by atoms with Gasteiger partial charge in [0.05, 0.1) is 0 Å². The summed E-state index contributed by atoms with van der Waals surface area (Å²) in [6.45, 7) is 4.02. The van der Waals surface area contributed by atoms with Gasteiger partial charge < -0.3 is 5.73 Å². The minimum Gasteiger partial charge on any atom is -0.366 e. The van der Waals surface area contributed by atoms with E-state index < -0.39 is 0 Å². The summed E-state index contributed by atoms with van der Waals surface area (Å²) in [7, 11) is 0. The normalized spacial score (nSPS) is 19.2. The first-order valence-corrected chi connectivity index (χ1v) is 7.64. The van der Waals surface area contributed by atoms with Crippen LogP contribution in [0.15, 0.2) is 36.9 Å². The Morgan fingerprint density at radius 2 is 2.14 bits per heavy atom. The molecule has 0 spiro atoms. The van der Waals surface area contributed by atoms with Gasteiger partial charge in [-0.15, -0.1) is 0 Å². The fourth-order valence-corrected chi connectivity index (χ4v) is 3.07. The SMILES string of the molecule is NC(=O)c1ccc(CN2CCC[C@@H](Cn3cncn3)C2)cc1. The van der Waals surface area contributed by atoms with E-state index in [9.17, 15) is 4.79 Å². The van der Waals surface area contributed by atoms with E-state index in [1.807, 2.05) is 16.8 Å². The summed E-state index contributed by atoms with van der Waals surface area (Å²) in [5, 5.41) is 4.19. The summed E-state index contributed by atoms with van der Waals surface area (Å²) in [5.74, 6) is 0.234. The van der Waals surface area contributed by atoms with E-state index >= 15 is 0 Å². The molecule has 1 atom stereocenters. The van der Waals surface area contributed by atoms with E-state index in [4.69, 9.17) is 5.73 Å². The van der Waals surface area contributed by atoms with Gasteiger partial charge in [-0.3, -0.25) is 14.4 Å². The van der Waals surface area contributed by atoms with Crippen LogP contribution in [0.5, 0.6) is 0 Å². The highest BCUT2D eigenvalue weighted by Crippen LogP contribution is 2.20. The van der Waals surface area contributed by atoms with Gasteiger partial charge in [0.25, 0.3) is 0 Å². The van der Waals surface area contributed by atoms with Crippen LogP contribution in [0.1, 0.15) is 28.8 Å². The Hall–Kier alpha value is -2.21. The second kappa shape index (κ2) is 6.70. The summed E-state index contributed by atoms with van der Waals surface area (Å²) in [6.07, 6.45) is 5.80. The summed E-state index contributed by atoms with van der Waals surface area (Å²) in [4.78, 5) is 17.6. The number of aromatic nitrogens is 3. The lowest BCUT2D eigenvalue weighted by Gasteiger charge is -2.32. The molecule has 0 radical (unpaired) electrons. The van der Waals surface area contributed by atoms with Crippen molar-refractivity contribution in [3.8, 4) is 0 Å². The van der Waals surface area contributed by atoms with Gasteiger partial charge in [-0.05, 0) is 43.0 Å². The number of hydrogen-bond donors (Lipinski definition) is 1. The van der Waals surface area contributed by atoms with Gasteiger partial charge in [-0.2, -0.15) is 5.10 Å². The second-order valence-corrected chi connectivity index (χ2v) is 5.92. The summed E-state index contributed by atoms with van der Waals surface area (Å²) in [6, 6.07) is 7.57. The van der Waals surface area contributed by atoms with Gasteiger partial charge in [0.2, 0.25) is 5.91 Å². The molecule has 2 N–H and O–H groups in total. The molecule has 1 amide bonds. The number of carbonyl (C=O) groups is 1. The predicted octanol–water partition coefficient (Wildman–Crippen LogP) is 1.29. The van der Waals surface area contributed by atoms with Crippen LogP contribution in [-0.4, -0.2) is 38.7 Å². The van der Waals surface area contributed by atoms with E-state index in [2.05, 4.69) is 15.0 Å². The van der Waals surface area contributed by atoms with E-state index in [1.165, 1.54) is 18.4 Å². The highest BCUT2D eigenvalue weighted by Gasteiger charge is 2.20. The molecule has 6 heteroatoms. The van der Waals surface area contributed by atoms with Crippen LogP contribution in [0.25, 0.3) is 0 Å². The molecule has 1 fully saturated rings. The molecule has 6 nitrogen and oxygen atoms in total. The minimum absolute atomic E-state index is 0.377. The lowest BCUT2D eigenvalue weighted by Crippen LogP contribution is -2.36. The monoisotopic (exact) mass is 299 g/mol. The Bertz CT molecular complexity index is 608. The zero-order chi connectivity index (χ0) is 15.4. The number of likely N-dealkylation sites (tertiary alicyclic amines) is 1. The molecule has 2 heterocycles. The molecule has 0 saturated carbocycles. The third-order valence-electron chi connectivity index (χ3n) is 4.16. The molecule has 116 valence electrons. The van der Waals surface area contributed by atoms with Crippen molar-refractivity contribution in [2.24, 2.45) is 11.7 Å². The van der Waals surface area contributed by atoms with Gasteiger partial charge in [0.1, 0.15) is 12.7 Å². The molecule has 0 bridgehead atoms. The van der Waals surface area contributed by atoms with Gasteiger partial charge in [-0.1, -0.05) is 12.1 Å². The fraction of sp³-hybridized carbons (Fsp3) is 0.438. The van der Waals surface area contributed by atoms with Crippen LogP contribution >= 0.6 is 0 Å². The van der Waals surface area contributed by atoms with Crippen molar-refractivity contribution >= 4 is 5.91 Å². The number of amides is 1. The fourth-order valence-electron chi connectivity index (χ4n) is 3.07. The van der Waals surface area contributed by atoms with Crippen molar-refractivity contribution in [2.45, 2.75) is 25.9 Å². The van der Waals surface area contributed by atoms with Crippen LogP contribution in [0, 0.1) is 5.92 Å². The van der Waals surface area contributed by atoms with Crippen LogP contribution in [0.4, 0.5) is 0 Å². The number of piperidine rings is 1. The highest BCUT2D eigenvalue weighted by atomic mass is 16.1. The van der Waals surface area contributed by atoms with Crippen LogP contribution in [0.2, 0.25) is 0 Å². The Kier molecular flexibility index (Phi) is 4.48. The third kappa shape index (κ3) is 3.71. The Balaban J connectivity index is 1.56. The standard InChI is InChI=1S/C16H21N5O/c17-16(22)15-5-3-13(4-6-15)8-20-7-1-2-14(9-20)10-21-12-18-11-19-21/h3-6,11-12,14H,1-2,7-10H2,(H2,17,22)/t14-/m1/s1. The van der Waals surface area contributed by atoms with Crippen molar-refractivity contribution in [1.82, 2.24) is 19.7 Å². The van der Waals surface area contributed by atoms with Crippen molar-refractivity contribution in [3.05, 3.63) is 48.0 Å². The van der Waals surface area contributed by atoms with Crippen molar-refractivity contribution in [2.75, 3.05) is 13.1 Å². The largest absolute Gasteiger partial charge is 0.366 e. The first kappa shape index (κ1) is 14.7. The minimum atomic E-state index is -0.377. The summed E-state index contributed by atoms with van der Waals surface area (Å²) >= 11 is 0. The maximum Gasteiger partial charge on any atom is 0.248 e. The molecule has 22 heavy (non-hydrogen) atoms. The van der Waals surface area contributed by atoms with E-state index in [0.717, 1.165) is 26.2 Å². The number of nitrogens with two attached hydrogens (primary N) is 1. The van der Waals surface area contributed by atoms with E-state index in [0.29, 0.717) is 11.5 Å². The van der Waals surface area contributed by atoms with Crippen LogP contribution < -0.4 is 5.73 Å². The zero-order valence-corrected chi connectivity index (χ0v) is 12.6. The number of hydrogen-bond acceptors (Lipinski definition) is 4. The molecule has 1 saturated heterocycles. The van der Waals surface area contributed by atoms with Gasteiger partial charge in [0.15, 0.2) is 0 Å². The third-order valence-corrected chi connectivity index (χ3v) is 4.16. The number of benzene rings is 1. The van der Waals surface area contributed by atoms with Crippen LogP contribution in [-0.2, 0) is 13.1 Å². The lowest BCUT2D eigenvalue weighted by atomic mass is 9.97. The molecule has 0 unspecified atom stereocenters. The first-order chi connectivity index (χ1) is 10.7. The Labute approximate surface area is 129 Å². The average Bonchev–Trinajstić information content (AvgIpc) is 3.01. The molecule has 1 aliphatic heterocycles. The molecule has 1 aromatic heterocycles. The van der Waals surface area contributed by atoms with Gasteiger partial charge >= 0.3 is 0 Å². The molecular formula is C16H21N5O. The maximum atomic E-state index is 11.1. The maximum absolute atomic E-state index is 11.1. The topological polar surface area (TPSA) is 77.0 Å². The van der Waals surface area contributed by atoms with Crippen molar-refractivity contribution in [3.63, 3.8) is 0 Å². The number of carbonyl (C=O) groups excluding carboxylic acids is 1. The van der Waals surface area contributed by atoms with Gasteiger partial charge in [-0.25, -0.2) is 4.98 Å². The second-order valence-electron chi connectivity index (χ2n) is 5.92. The van der Waals surface area contributed by atoms with E-state index in [-0.39, 0.29) is 5.91 Å². The highest BCUT2D eigenvalue weighted by molar-refractivity contribution is 5.92. The first-order valence-electron chi connectivity index (χ1n) is 7.64. The average molecular weight is 299 g/mol. The zero-order valence-electron chi connectivity index (χ0n) is 12.6. The Morgan fingerprint density at radius 3 is 2.82 bits per heavy atom. The number of primary amides is 1. The lowest BCUT2D eigenvalue weighted by molar-refractivity contribution is 0.100. The van der Waals surface area contributed by atoms with Crippen molar-refractivity contribution in [1.29, 1.82) is 0 Å². The summed E-state index contributed by atoms with van der Waals surface area (Å²) in [5.41, 5.74) is 7.04. The van der Waals surface area contributed by atoms with Gasteiger partial charge in [0, 0.05) is 25.2 Å². The Morgan fingerprint density at radius 1 is 1.32 bits per heavy atom. The van der Waals surface area contributed by atoms with Crippen LogP contribution in [0.3, 0.4) is 0 Å². The molecule has 3 rings (SSSR count). The smallest absolute Gasteiger partial charge is 0.248 e. The number of nitrogens with zero attached hydrogens (tertiary/aromatic N) is 4. The molecule has 1 aliphatic rings. The molecular weight excluding hydrogens is 278 g/mol. The quantitative estimate of drug-likeness (QED) is 0.902.